The maximum Gasteiger partial charge on any atom is 0.315 e. The van der Waals surface area contributed by atoms with Gasteiger partial charge in [-0.2, -0.15) is 0 Å². The third-order valence-electron chi connectivity index (χ3n) is 3.01. The molecule has 2 rings (SSSR count). The van der Waals surface area contributed by atoms with E-state index in [1.807, 2.05) is 42.5 Å². The van der Waals surface area contributed by atoms with Gasteiger partial charge in [-0.25, -0.2) is 4.79 Å². The zero-order chi connectivity index (χ0) is 15.6. The lowest BCUT2D eigenvalue weighted by molar-refractivity contribution is 0.241. The minimum absolute atomic E-state index is 0.149. The largest absolute Gasteiger partial charge is 0.497 e. The number of amides is 2. The molecule has 2 N–H and O–H groups in total. The van der Waals surface area contributed by atoms with E-state index in [9.17, 15) is 4.79 Å². The minimum Gasteiger partial charge on any atom is -0.497 e. The molecule has 2 amide bonds. The highest BCUT2D eigenvalue weighted by molar-refractivity contribution is 7.99. The van der Waals surface area contributed by atoms with Crippen molar-refractivity contribution < 1.29 is 9.53 Å². The van der Waals surface area contributed by atoms with E-state index in [1.165, 1.54) is 4.90 Å². The Morgan fingerprint density at radius 2 is 1.77 bits per heavy atom. The number of nitrogens with one attached hydrogen (secondary N) is 2. The smallest absolute Gasteiger partial charge is 0.315 e. The lowest BCUT2D eigenvalue weighted by Gasteiger charge is -2.08. The van der Waals surface area contributed by atoms with Crippen molar-refractivity contribution in [2.75, 3.05) is 19.4 Å². The van der Waals surface area contributed by atoms with Crippen LogP contribution in [-0.2, 0) is 6.54 Å². The summed E-state index contributed by atoms with van der Waals surface area (Å²) >= 11 is 1.72. The van der Waals surface area contributed by atoms with Gasteiger partial charge in [0.2, 0.25) is 0 Å². The van der Waals surface area contributed by atoms with Crippen molar-refractivity contribution in [3.8, 4) is 5.75 Å². The Morgan fingerprint density at radius 1 is 1.05 bits per heavy atom. The highest BCUT2D eigenvalue weighted by Gasteiger charge is 2.00. The molecular formula is C17H20N2O2S. The molecule has 0 heterocycles. The molecule has 0 spiro atoms. The molecule has 0 atom stereocenters. The van der Waals surface area contributed by atoms with Crippen LogP contribution in [0.1, 0.15) is 5.56 Å². The summed E-state index contributed by atoms with van der Waals surface area (Å²) in [5, 5.41) is 5.69. The fourth-order valence-electron chi connectivity index (χ4n) is 1.84. The predicted octanol–water partition coefficient (Wildman–Crippen LogP) is 3.29. The highest BCUT2D eigenvalue weighted by atomic mass is 32.2. The molecule has 0 saturated carbocycles. The van der Waals surface area contributed by atoms with E-state index in [1.54, 1.807) is 18.9 Å². The SMILES string of the molecule is COc1ccc(CNC(=O)NCCSc2ccccc2)cc1. The molecule has 4 nitrogen and oxygen atoms in total. The molecule has 0 unspecified atom stereocenters. The van der Waals surface area contributed by atoms with E-state index in [0.717, 1.165) is 17.1 Å². The molecule has 2 aromatic rings. The van der Waals surface area contributed by atoms with E-state index < -0.39 is 0 Å². The van der Waals surface area contributed by atoms with E-state index >= 15 is 0 Å². The van der Waals surface area contributed by atoms with Crippen molar-refractivity contribution in [3.05, 3.63) is 60.2 Å². The summed E-state index contributed by atoms with van der Waals surface area (Å²) in [5.74, 6) is 1.66. The number of hydrogen-bond donors (Lipinski definition) is 2. The first-order chi connectivity index (χ1) is 10.8. The minimum atomic E-state index is -0.149. The van der Waals surface area contributed by atoms with Gasteiger partial charge in [-0.15, -0.1) is 11.8 Å². The van der Waals surface area contributed by atoms with Crippen molar-refractivity contribution in [1.82, 2.24) is 10.6 Å². The Hall–Kier alpha value is -2.14. The predicted molar refractivity (Wildman–Crippen MR) is 90.4 cm³/mol. The fourth-order valence-corrected chi connectivity index (χ4v) is 2.63. The molecule has 22 heavy (non-hydrogen) atoms. The Balaban J connectivity index is 1.61. The number of urea groups is 1. The summed E-state index contributed by atoms with van der Waals surface area (Å²) in [6.45, 7) is 1.13. The number of methoxy groups -OCH3 is 1. The maximum absolute atomic E-state index is 11.7. The van der Waals surface area contributed by atoms with E-state index in [-0.39, 0.29) is 6.03 Å². The van der Waals surface area contributed by atoms with Gasteiger partial charge >= 0.3 is 6.03 Å². The van der Waals surface area contributed by atoms with E-state index in [0.29, 0.717) is 13.1 Å². The maximum atomic E-state index is 11.7. The molecule has 0 radical (unpaired) electrons. The molecule has 0 fully saturated rings. The van der Waals surface area contributed by atoms with E-state index in [2.05, 4.69) is 22.8 Å². The first-order valence-corrected chi connectivity index (χ1v) is 8.09. The van der Waals surface area contributed by atoms with Crippen molar-refractivity contribution in [2.45, 2.75) is 11.4 Å². The second-order valence-corrected chi connectivity index (χ2v) is 5.79. The van der Waals surface area contributed by atoms with Gasteiger partial charge in [0.05, 0.1) is 7.11 Å². The van der Waals surface area contributed by atoms with Crippen molar-refractivity contribution in [3.63, 3.8) is 0 Å². The fraction of sp³-hybridized carbons (Fsp3) is 0.235. The molecule has 2 aromatic carbocycles. The first-order valence-electron chi connectivity index (χ1n) is 7.10. The zero-order valence-corrected chi connectivity index (χ0v) is 13.4. The van der Waals surface area contributed by atoms with Crippen molar-refractivity contribution in [1.29, 1.82) is 0 Å². The Kier molecular flexibility index (Phi) is 6.64. The van der Waals surface area contributed by atoms with Crippen LogP contribution in [0.25, 0.3) is 0 Å². The number of carbonyl (C=O) groups excluding carboxylic acids is 1. The summed E-state index contributed by atoms with van der Waals surface area (Å²) in [6.07, 6.45) is 0. The van der Waals surface area contributed by atoms with Crippen LogP contribution in [0.15, 0.2) is 59.5 Å². The molecule has 116 valence electrons. The summed E-state index contributed by atoms with van der Waals surface area (Å²) in [4.78, 5) is 12.9. The summed E-state index contributed by atoms with van der Waals surface area (Å²) in [5.41, 5.74) is 1.04. The zero-order valence-electron chi connectivity index (χ0n) is 12.5. The molecule has 0 aliphatic rings. The second kappa shape index (κ2) is 9.00. The Morgan fingerprint density at radius 3 is 2.45 bits per heavy atom. The normalized spacial score (nSPS) is 10.0. The average Bonchev–Trinajstić information content (AvgIpc) is 2.58. The van der Waals surface area contributed by atoms with Crippen LogP contribution in [-0.4, -0.2) is 25.4 Å². The first kappa shape index (κ1) is 16.2. The molecule has 5 heteroatoms. The highest BCUT2D eigenvalue weighted by Crippen LogP contribution is 2.15. The van der Waals surface area contributed by atoms with Gasteiger partial charge in [0.1, 0.15) is 5.75 Å². The second-order valence-electron chi connectivity index (χ2n) is 4.62. The van der Waals surface area contributed by atoms with Crippen LogP contribution < -0.4 is 15.4 Å². The van der Waals surface area contributed by atoms with Crippen molar-refractivity contribution in [2.24, 2.45) is 0 Å². The lowest BCUT2D eigenvalue weighted by atomic mass is 10.2. The summed E-state index contributed by atoms with van der Waals surface area (Å²) in [7, 11) is 1.63. The monoisotopic (exact) mass is 316 g/mol. The van der Waals surface area contributed by atoms with Crippen LogP contribution in [0.4, 0.5) is 4.79 Å². The summed E-state index contributed by atoms with van der Waals surface area (Å²) < 4.78 is 5.09. The summed E-state index contributed by atoms with van der Waals surface area (Å²) in [6, 6.07) is 17.6. The standard InChI is InChI=1S/C17H20N2O2S/c1-21-15-9-7-14(8-10-15)13-19-17(20)18-11-12-22-16-5-3-2-4-6-16/h2-10H,11-13H2,1H3,(H2,18,19,20). The third kappa shape index (κ3) is 5.69. The quantitative estimate of drug-likeness (QED) is 0.609. The number of rotatable bonds is 7. The Labute approximate surface area is 135 Å². The van der Waals surface area contributed by atoms with Crippen LogP contribution in [0, 0.1) is 0 Å². The van der Waals surface area contributed by atoms with Crippen LogP contribution >= 0.6 is 11.8 Å². The van der Waals surface area contributed by atoms with Crippen LogP contribution in [0.5, 0.6) is 5.75 Å². The van der Waals surface area contributed by atoms with Gasteiger partial charge in [-0.3, -0.25) is 0 Å². The average molecular weight is 316 g/mol. The lowest BCUT2D eigenvalue weighted by Crippen LogP contribution is -2.36. The van der Waals surface area contributed by atoms with Crippen LogP contribution in [0.3, 0.4) is 0 Å². The molecular weight excluding hydrogens is 296 g/mol. The number of ether oxygens (including phenoxy) is 1. The van der Waals surface area contributed by atoms with Gasteiger partial charge in [0.15, 0.2) is 0 Å². The molecule has 0 saturated heterocycles. The molecule has 0 aliphatic carbocycles. The number of carbonyl (C=O) groups is 1. The number of benzene rings is 2. The van der Waals surface area contributed by atoms with E-state index in [4.69, 9.17) is 4.74 Å². The van der Waals surface area contributed by atoms with Gasteiger partial charge in [-0.1, -0.05) is 30.3 Å². The van der Waals surface area contributed by atoms with Crippen molar-refractivity contribution >= 4 is 17.8 Å². The van der Waals surface area contributed by atoms with Gasteiger partial charge in [0.25, 0.3) is 0 Å². The van der Waals surface area contributed by atoms with Gasteiger partial charge < -0.3 is 15.4 Å². The molecule has 0 aliphatic heterocycles. The number of hydrogen-bond acceptors (Lipinski definition) is 3. The van der Waals surface area contributed by atoms with Crippen LogP contribution in [0.2, 0.25) is 0 Å². The molecule has 0 bridgehead atoms. The Bertz CT molecular complexity index is 573. The third-order valence-corrected chi connectivity index (χ3v) is 4.03. The topological polar surface area (TPSA) is 50.4 Å². The van der Waals surface area contributed by atoms with Gasteiger partial charge in [0, 0.05) is 23.7 Å². The number of thioether (sulfide) groups is 1. The molecule has 0 aromatic heterocycles. The van der Waals surface area contributed by atoms with Gasteiger partial charge in [-0.05, 0) is 29.8 Å².